The second-order valence-electron chi connectivity index (χ2n) is 3.85. The quantitative estimate of drug-likeness (QED) is 0.640. The second-order valence-corrected chi connectivity index (χ2v) is 3.85. The lowest BCUT2D eigenvalue weighted by Gasteiger charge is -2.06. The molecular weight excluding hydrogens is 234 g/mol. The Morgan fingerprint density at radius 3 is 3.00 bits per heavy atom. The molecule has 94 valence electrons. The standard InChI is InChI=1S/C11H13N5O2/c1-9-2-3-10(8-11(9)16(17)18)12-4-6-15-7-5-13-14-15/h2-3,5,7-8,12H,4,6H2,1H3. The third kappa shape index (κ3) is 2.82. The first-order valence-corrected chi connectivity index (χ1v) is 5.50. The van der Waals surface area contributed by atoms with Crippen molar-refractivity contribution in [1.29, 1.82) is 0 Å². The zero-order chi connectivity index (χ0) is 13.0. The van der Waals surface area contributed by atoms with E-state index in [4.69, 9.17) is 0 Å². The Bertz CT molecular complexity index is 538. The summed E-state index contributed by atoms with van der Waals surface area (Å²) >= 11 is 0. The minimum Gasteiger partial charge on any atom is -0.383 e. The molecule has 0 saturated heterocycles. The lowest BCUT2D eigenvalue weighted by atomic mass is 10.2. The van der Waals surface area contributed by atoms with Crippen LogP contribution in [0.15, 0.2) is 30.6 Å². The lowest BCUT2D eigenvalue weighted by Crippen LogP contribution is -2.11. The van der Waals surface area contributed by atoms with Gasteiger partial charge in [0.2, 0.25) is 0 Å². The van der Waals surface area contributed by atoms with Gasteiger partial charge in [0.05, 0.1) is 17.7 Å². The van der Waals surface area contributed by atoms with Gasteiger partial charge < -0.3 is 5.32 Å². The Hall–Kier alpha value is -2.44. The van der Waals surface area contributed by atoms with Crippen LogP contribution in [-0.2, 0) is 6.54 Å². The molecular formula is C11H13N5O2. The Kier molecular flexibility index (Phi) is 3.52. The first kappa shape index (κ1) is 12.0. The summed E-state index contributed by atoms with van der Waals surface area (Å²) in [4.78, 5) is 10.4. The summed E-state index contributed by atoms with van der Waals surface area (Å²) in [5.74, 6) is 0. The molecule has 0 aliphatic heterocycles. The molecule has 0 fully saturated rings. The van der Waals surface area contributed by atoms with Gasteiger partial charge in [-0.15, -0.1) is 5.10 Å². The van der Waals surface area contributed by atoms with Crippen molar-refractivity contribution in [3.05, 3.63) is 46.3 Å². The molecule has 1 heterocycles. The van der Waals surface area contributed by atoms with E-state index in [2.05, 4.69) is 15.6 Å². The van der Waals surface area contributed by atoms with Crippen molar-refractivity contribution in [1.82, 2.24) is 15.0 Å². The molecule has 0 atom stereocenters. The third-order valence-electron chi connectivity index (χ3n) is 2.55. The normalized spacial score (nSPS) is 10.3. The number of aryl methyl sites for hydroxylation is 1. The molecule has 0 aliphatic rings. The number of anilines is 1. The van der Waals surface area contributed by atoms with Crippen LogP contribution in [0.3, 0.4) is 0 Å². The van der Waals surface area contributed by atoms with E-state index in [1.807, 2.05) is 6.07 Å². The van der Waals surface area contributed by atoms with E-state index >= 15 is 0 Å². The van der Waals surface area contributed by atoms with Gasteiger partial charge in [0.15, 0.2) is 0 Å². The number of hydrogen-bond acceptors (Lipinski definition) is 5. The van der Waals surface area contributed by atoms with E-state index < -0.39 is 0 Å². The van der Waals surface area contributed by atoms with Gasteiger partial charge in [-0.2, -0.15) is 0 Å². The van der Waals surface area contributed by atoms with Gasteiger partial charge >= 0.3 is 0 Å². The van der Waals surface area contributed by atoms with Crippen molar-refractivity contribution in [2.45, 2.75) is 13.5 Å². The van der Waals surface area contributed by atoms with Crippen molar-refractivity contribution < 1.29 is 4.92 Å². The van der Waals surface area contributed by atoms with E-state index in [1.54, 1.807) is 30.1 Å². The molecule has 1 N–H and O–H groups in total. The Labute approximate surface area is 104 Å². The summed E-state index contributed by atoms with van der Waals surface area (Å²) in [5, 5.41) is 21.4. The monoisotopic (exact) mass is 247 g/mol. The summed E-state index contributed by atoms with van der Waals surface area (Å²) < 4.78 is 1.69. The minimum absolute atomic E-state index is 0.126. The van der Waals surface area contributed by atoms with Crippen LogP contribution in [0.5, 0.6) is 0 Å². The smallest absolute Gasteiger partial charge is 0.274 e. The topological polar surface area (TPSA) is 85.9 Å². The zero-order valence-electron chi connectivity index (χ0n) is 9.91. The highest BCUT2D eigenvalue weighted by atomic mass is 16.6. The number of benzene rings is 1. The molecule has 0 radical (unpaired) electrons. The number of nitro groups is 1. The Balaban J connectivity index is 1.97. The van der Waals surface area contributed by atoms with Crippen molar-refractivity contribution in [2.75, 3.05) is 11.9 Å². The van der Waals surface area contributed by atoms with Gasteiger partial charge in [0, 0.05) is 30.1 Å². The second kappa shape index (κ2) is 5.26. The number of aromatic nitrogens is 3. The van der Waals surface area contributed by atoms with Crippen LogP contribution >= 0.6 is 0 Å². The summed E-state index contributed by atoms with van der Waals surface area (Å²) in [6.45, 7) is 3.00. The van der Waals surface area contributed by atoms with E-state index in [0.29, 0.717) is 18.7 Å². The molecule has 18 heavy (non-hydrogen) atoms. The molecule has 2 aromatic rings. The van der Waals surface area contributed by atoms with Crippen LogP contribution in [-0.4, -0.2) is 26.5 Å². The summed E-state index contributed by atoms with van der Waals surface area (Å²) in [5.41, 5.74) is 1.51. The van der Waals surface area contributed by atoms with Gasteiger partial charge in [-0.3, -0.25) is 14.8 Å². The average molecular weight is 247 g/mol. The van der Waals surface area contributed by atoms with E-state index in [9.17, 15) is 10.1 Å². The Morgan fingerprint density at radius 1 is 1.50 bits per heavy atom. The van der Waals surface area contributed by atoms with Gasteiger partial charge in [-0.1, -0.05) is 11.3 Å². The number of nitro benzene ring substituents is 1. The first-order chi connectivity index (χ1) is 8.66. The highest BCUT2D eigenvalue weighted by Crippen LogP contribution is 2.21. The van der Waals surface area contributed by atoms with E-state index in [0.717, 1.165) is 5.69 Å². The van der Waals surface area contributed by atoms with Crippen molar-refractivity contribution >= 4 is 11.4 Å². The molecule has 0 unspecified atom stereocenters. The highest BCUT2D eigenvalue weighted by Gasteiger charge is 2.10. The number of rotatable bonds is 5. The molecule has 2 rings (SSSR count). The molecule has 0 amide bonds. The molecule has 7 nitrogen and oxygen atoms in total. The predicted octanol–water partition coefficient (Wildman–Crippen LogP) is 1.61. The van der Waals surface area contributed by atoms with Gasteiger partial charge in [0.25, 0.3) is 5.69 Å². The Morgan fingerprint density at radius 2 is 2.33 bits per heavy atom. The van der Waals surface area contributed by atoms with Crippen molar-refractivity contribution in [3.63, 3.8) is 0 Å². The first-order valence-electron chi connectivity index (χ1n) is 5.50. The van der Waals surface area contributed by atoms with Crippen LogP contribution in [0.1, 0.15) is 5.56 Å². The van der Waals surface area contributed by atoms with Gasteiger partial charge in [0.1, 0.15) is 0 Å². The molecule has 0 bridgehead atoms. The molecule has 0 aliphatic carbocycles. The fourth-order valence-corrected chi connectivity index (χ4v) is 1.58. The fourth-order valence-electron chi connectivity index (χ4n) is 1.58. The number of hydrogen-bond donors (Lipinski definition) is 1. The van der Waals surface area contributed by atoms with E-state index in [-0.39, 0.29) is 10.6 Å². The van der Waals surface area contributed by atoms with Crippen LogP contribution < -0.4 is 5.32 Å². The largest absolute Gasteiger partial charge is 0.383 e. The molecule has 1 aromatic carbocycles. The molecule has 0 spiro atoms. The predicted molar refractivity (Wildman–Crippen MR) is 66.3 cm³/mol. The molecule has 7 heteroatoms. The zero-order valence-corrected chi connectivity index (χ0v) is 9.91. The third-order valence-corrected chi connectivity index (χ3v) is 2.55. The number of nitrogens with one attached hydrogen (secondary N) is 1. The van der Waals surface area contributed by atoms with Crippen LogP contribution in [0.25, 0.3) is 0 Å². The number of nitrogens with zero attached hydrogens (tertiary/aromatic N) is 4. The maximum absolute atomic E-state index is 10.8. The maximum atomic E-state index is 10.8. The fraction of sp³-hybridized carbons (Fsp3) is 0.273. The summed E-state index contributed by atoms with van der Waals surface area (Å²) in [6, 6.07) is 5.09. The maximum Gasteiger partial charge on any atom is 0.274 e. The van der Waals surface area contributed by atoms with E-state index in [1.165, 1.54) is 6.07 Å². The van der Waals surface area contributed by atoms with Crippen LogP contribution in [0.4, 0.5) is 11.4 Å². The summed E-state index contributed by atoms with van der Waals surface area (Å²) in [6.07, 6.45) is 3.37. The van der Waals surface area contributed by atoms with Crippen molar-refractivity contribution in [2.24, 2.45) is 0 Å². The molecule has 1 aromatic heterocycles. The van der Waals surface area contributed by atoms with Gasteiger partial charge in [-0.05, 0) is 13.0 Å². The SMILES string of the molecule is Cc1ccc(NCCn2ccnn2)cc1[N+](=O)[O-]. The van der Waals surface area contributed by atoms with Crippen LogP contribution in [0, 0.1) is 17.0 Å². The molecule has 0 saturated carbocycles. The van der Waals surface area contributed by atoms with Gasteiger partial charge in [-0.25, -0.2) is 0 Å². The van der Waals surface area contributed by atoms with Crippen molar-refractivity contribution in [3.8, 4) is 0 Å². The highest BCUT2D eigenvalue weighted by molar-refractivity contribution is 5.54. The lowest BCUT2D eigenvalue weighted by molar-refractivity contribution is -0.385. The summed E-state index contributed by atoms with van der Waals surface area (Å²) in [7, 11) is 0. The van der Waals surface area contributed by atoms with Crippen LogP contribution in [0.2, 0.25) is 0 Å². The average Bonchev–Trinajstić information content (AvgIpc) is 2.84. The minimum atomic E-state index is -0.377.